The molecule has 1 amide bonds. The van der Waals surface area contributed by atoms with E-state index in [0.29, 0.717) is 12.8 Å². The van der Waals surface area contributed by atoms with E-state index < -0.39 is 67.4 Å². The summed E-state index contributed by atoms with van der Waals surface area (Å²) in [4.78, 5) is 26.6. The van der Waals surface area contributed by atoms with Crippen molar-refractivity contribution in [3.63, 3.8) is 0 Å². The first-order valence-corrected chi connectivity index (χ1v) is 32.5. The van der Waals surface area contributed by atoms with Crippen molar-refractivity contribution >= 4 is 11.9 Å². The molecule has 466 valence electrons. The summed E-state index contributed by atoms with van der Waals surface area (Å²) >= 11 is 0. The Morgan fingerprint density at radius 2 is 0.878 bits per heavy atom. The number of esters is 1. The molecule has 0 aromatic heterocycles. The number of aliphatic hydroxyl groups is 5. The molecule has 1 heterocycles. The molecular weight excluding hydrogens is 1030 g/mol. The predicted octanol–water partition coefficient (Wildman–Crippen LogP) is 16.0. The number of carbonyl (C=O) groups excluding carboxylic acids is 2. The number of nitrogens with one attached hydrogen (secondary N) is 1. The molecule has 82 heavy (non-hydrogen) atoms. The molecule has 1 fully saturated rings. The summed E-state index contributed by atoms with van der Waals surface area (Å²) in [5, 5.41) is 57.0. The van der Waals surface area contributed by atoms with Crippen LogP contribution in [0.4, 0.5) is 0 Å². The van der Waals surface area contributed by atoms with Crippen LogP contribution in [0, 0.1) is 0 Å². The van der Waals surface area contributed by atoms with E-state index in [1.807, 2.05) is 18.2 Å². The average molecular weight is 1140 g/mol. The van der Waals surface area contributed by atoms with E-state index in [1.165, 1.54) is 64.2 Å². The summed E-state index contributed by atoms with van der Waals surface area (Å²) in [6.45, 7) is 5.59. The second-order valence-electron chi connectivity index (χ2n) is 21.8. The number of unbranched alkanes of at least 4 members (excludes halogenated alkanes) is 19. The van der Waals surface area contributed by atoms with Crippen molar-refractivity contribution in [2.75, 3.05) is 13.2 Å². The van der Waals surface area contributed by atoms with Crippen LogP contribution >= 0.6 is 0 Å². The number of carbonyl (C=O) groups is 2. The van der Waals surface area contributed by atoms with E-state index in [2.05, 4.69) is 135 Å². The second-order valence-corrected chi connectivity index (χ2v) is 21.8. The summed E-state index contributed by atoms with van der Waals surface area (Å²) in [5.41, 5.74) is 0. The molecule has 8 atom stereocenters. The normalized spacial score (nSPS) is 19.5. The summed E-state index contributed by atoms with van der Waals surface area (Å²) in [7, 11) is 0. The summed E-state index contributed by atoms with van der Waals surface area (Å²) in [6.07, 6.45) is 70.6. The molecule has 0 aromatic rings. The fourth-order valence-electron chi connectivity index (χ4n) is 9.17. The van der Waals surface area contributed by atoms with Gasteiger partial charge in [0.05, 0.1) is 25.4 Å². The Bertz CT molecular complexity index is 1840. The van der Waals surface area contributed by atoms with Gasteiger partial charge in [0.15, 0.2) is 12.4 Å². The van der Waals surface area contributed by atoms with Gasteiger partial charge in [0.2, 0.25) is 5.91 Å². The first-order valence-electron chi connectivity index (χ1n) is 32.5. The average Bonchev–Trinajstić information content (AvgIpc) is 3.56. The Kier molecular flexibility index (Phi) is 52.9. The van der Waals surface area contributed by atoms with Gasteiger partial charge in [0.1, 0.15) is 24.4 Å². The van der Waals surface area contributed by atoms with Gasteiger partial charge < -0.3 is 45.1 Å². The maximum Gasteiger partial charge on any atom is 0.306 e. The molecule has 11 heteroatoms. The van der Waals surface area contributed by atoms with E-state index in [-0.39, 0.29) is 19.4 Å². The van der Waals surface area contributed by atoms with Gasteiger partial charge in [-0.05, 0) is 116 Å². The quantitative estimate of drug-likeness (QED) is 0.0195. The molecule has 0 radical (unpaired) electrons. The van der Waals surface area contributed by atoms with Crippen LogP contribution in [0.25, 0.3) is 0 Å². The van der Waals surface area contributed by atoms with Crippen molar-refractivity contribution in [2.45, 2.75) is 288 Å². The minimum Gasteiger partial charge on any atom is -0.454 e. The van der Waals surface area contributed by atoms with Crippen LogP contribution < -0.4 is 5.32 Å². The van der Waals surface area contributed by atoms with Gasteiger partial charge in [-0.3, -0.25) is 9.59 Å². The Morgan fingerprint density at radius 1 is 0.488 bits per heavy atom. The topological polar surface area (TPSA) is 175 Å². The van der Waals surface area contributed by atoms with Crippen LogP contribution in [0.1, 0.15) is 239 Å². The summed E-state index contributed by atoms with van der Waals surface area (Å²) < 4.78 is 17.6. The highest BCUT2D eigenvalue weighted by Gasteiger charge is 2.47. The third-order valence-electron chi connectivity index (χ3n) is 14.3. The van der Waals surface area contributed by atoms with Crippen molar-refractivity contribution in [3.8, 4) is 0 Å². The molecule has 0 saturated carbocycles. The lowest BCUT2D eigenvalue weighted by molar-refractivity contribution is -0.305. The Labute approximate surface area is 499 Å². The van der Waals surface area contributed by atoms with Crippen molar-refractivity contribution in [1.82, 2.24) is 5.32 Å². The van der Waals surface area contributed by atoms with Crippen LogP contribution in [-0.2, 0) is 23.8 Å². The minimum absolute atomic E-state index is 0.0915. The monoisotopic (exact) mass is 1140 g/mol. The number of ether oxygens (including phenoxy) is 3. The van der Waals surface area contributed by atoms with E-state index in [4.69, 9.17) is 14.2 Å². The SMILES string of the molecule is CC/C=C\C/C=C\C/C=C\C/C=C\C/C=C\C/C=C\CCCCCCCCC(=O)OC1C(OCC(NC(=O)C(O)CC/C=C\C/C=C\C/C=C\C/C=C\CCCCC)C(O)/C=C/CCCCCCCCCCCC)OC(CO)C(O)C1O. The molecule has 0 aliphatic carbocycles. The van der Waals surface area contributed by atoms with Gasteiger partial charge in [-0.1, -0.05) is 251 Å². The molecule has 1 aliphatic rings. The van der Waals surface area contributed by atoms with E-state index in [1.54, 1.807) is 6.08 Å². The van der Waals surface area contributed by atoms with Crippen molar-refractivity contribution in [2.24, 2.45) is 0 Å². The predicted molar refractivity (Wildman–Crippen MR) is 342 cm³/mol. The van der Waals surface area contributed by atoms with Crippen LogP contribution in [0.2, 0.25) is 0 Å². The van der Waals surface area contributed by atoms with Crippen molar-refractivity contribution in [3.05, 3.63) is 134 Å². The molecule has 0 aromatic carbocycles. The summed E-state index contributed by atoms with van der Waals surface area (Å²) in [6, 6.07) is -1.07. The van der Waals surface area contributed by atoms with Gasteiger partial charge >= 0.3 is 5.97 Å². The Balaban J connectivity index is 2.68. The maximum absolute atomic E-state index is 13.4. The van der Waals surface area contributed by atoms with Crippen molar-refractivity contribution in [1.29, 1.82) is 0 Å². The van der Waals surface area contributed by atoms with E-state index >= 15 is 0 Å². The molecule has 1 saturated heterocycles. The molecule has 0 spiro atoms. The van der Waals surface area contributed by atoms with E-state index in [9.17, 15) is 35.1 Å². The lowest BCUT2D eigenvalue weighted by Crippen LogP contribution is -2.61. The molecule has 1 rings (SSSR count). The first kappa shape index (κ1) is 75.8. The number of hydrogen-bond acceptors (Lipinski definition) is 10. The number of aliphatic hydroxyl groups excluding tert-OH is 5. The second kappa shape index (κ2) is 57.2. The molecule has 6 N–H and O–H groups in total. The first-order chi connectivity index (χ1) is 40.2. The Morgan fingerprint density at radius 3 is 1.34 bits per heavy atom. The largest absolute Gasteiger partial charge is 0.454 e. The lowest BCUT2D eigenvalue weighted by Gasteiger charge is -2.41. The third-order valence-corrected chi connectivity index (χ3v) is 14.3. The van der Waals surface area contributed by atoms with E-state index in [0.717, 1.165) is 128 Å². The van der Waals surface area contributed by atoms with Crippen LogP contribution in [0.5, 0.6) is 0 Å². The zero-order chi connectivity index (χ0) is 59.6. The van der Waals surface area contributed by atoms with Crippen LogP contribution in [0.15, 0.2) is 134 Å². The smallest absolute Gasteiger partial charge is 0.306 e. The highest BCUT2D eigenvalue weighted by molar-refractivity contribution is 5.80. The molecular formula is C71H117NO10. The van der Waals surface area contributed by atoms with Gasteiger partial charge in [-0.25, -0.2) is 0 Å². The van der Waals surface area contributed by atoms with Gasteiger partial charge in [0, 0.05) is 6.42 Å². The molecule has 8 unspecified atom stereocenters. The zero-order valence-corrected chi connectivity index (χ0v) is 51.6. The fraction of sp³-hybridized carbons (Fsp3) is 0.662. The minimum atomic E-state index is -1.64. The fourth-order valence-corrected chi connectivity index (χ4v) is 9.17. The third kappa shape index (κ3) is 44.3. The number of allylic oxidation sites excluding steroid dienone is 21. The van der Waals surface area contributed by atoms with Crippen LogP contribution in [0.3, 0.4) is 0 Å². The molecule has 0 bridgehead atoms. The highest BCUT2D eigenvalue weighted by Crippen LogP contribution is 2.26. The number of rotatable bonds is 53. The van der Waals surface area contributed by atoms with Crippen molar-refractivity contribution < 1.29 is 49.3 Å². The van der Waals surface area contributed by atoms with Gasteiger partial charge in [-0.2, -0.15) is 0 Å². The molecule has 1 aliphatic heterocycles. The standard InChI is InChI=1S/C71H117NO10/c1-4-7-10-13-16-19-22-25-27-29-30-31-32-33-34-35-36-37-39-41-44-47-50-53-56-59-66(76)82-69-68(78)67(77)65(60-73)81-71(69)80-61-62(63(74)57-54-51-48-45-42-24-21-18-15-12-9-6-3)72-70(79)64(75)58-55-52-49-46-43-40-38-28-26-23-20-17-14-11-8-5-2/h7,10,16-17,19-20,25-28,30-31,33-34,36-37,40,43,49,52,54,57,62-65,67-69,71,73-75,77-78H,4-6,8-9,11-15,18,21-24,29,32,35,38-39,41-42,44-48,50-51,53,55-56,58-61H2,1-3H3,(H,72,79)/b10-7-,19-16-,20-17-,27-25-,28-26-,31-30-,34-33-,37-36-,43-40-,52-49-,57-54+. The lowest BCUT2D eigenvalue weighted by atomic mass is 9.99. The highest BCUT2D eigenvalue weighted by atomic mass is 16.7. The maximum atomic E-state index is 13.4. The Hall–Kier alpha value is -4.20. The number of hydrogen-bond donors (Lipinski definition) is 6. The summed E-state index contributed by atoms with van der Waals surface area (Å²) in [5.74, 6) is -1.28. The van der Waals surface area contributed by atoms with Gasteiger partial charge in [0.25, 0.3) is 0 Å². The zero-order valence-electron chi connectivity index (χ0n) is 51.6. The molecule has 11 nitrogen and oxygen atoms in total. The number of amides is 1. The van der Waals surface area contributed by atoms with Gasteiger partial charge in [-0.15, -0.1) is 0 Å². The van der Waals surface area contributed by atoms with Crippen LogP contribution in [-0.4, -0.2) is 99.6 Å².